The van der Waals surface area contributed by atoms with Crippen molar-refractivity contribution in [2.75, 3.05) is 5.43 Å². The summed E-state index contributed by atoms with van der Waals surface area (Å²) < 4.78 is 0. The Bertz CT molecular complexity index is 900. The van der Waals surface area contributed by atoms with Gasteiger partial charge < -0.3 is 0 Å². The Morgan fingerprint density at radius 1 is 0.920 bits per heavy atom. The molecule has 2 rings (SSSR count). The van der Waals surface area contributed by atoms with Crippen LogP contribution in [0.4, 0.5) is 22.7 Å². The van der Waals surface area contributed by atoms with Crippen LogP contribution in [-0.2, 0) is 0 Å². The van der Waals surface area contributed by atoms with Crippen LogP contribution in [0.15, 0.2) is 41.5 Å². The number of hydrogen-bond donors (Lipinski definition) is 1. The Hall–Kier alpha value is -3.60. The summed E-state index contributed by atoms with van der Waals surface area (Å²) in [7, 11) is 0. The Morgan fingerprint density at radius 2 is 1.52 bits per heavy atom. The summed E-state index contributed by atoms with van der Waals surface area (Å²) in [5.41, 5.74) is 1.30. The standard InChI is InChI=1S/C13H8ClN5O6/c14-11-3-1-9(17(20)21)5-8(11)7-15-16-12-4-2-10(18(22)23)6-13(12)19(24)25/h1-7,16H/b15-7+. The second-order valence-corrected chi connectivity index (χ2v) is 4.96. The first kappa shape index (κ1) is 17.7. The second-order valence-electron chi connectivity index (χ2n) is 4.55. The van der Waals surface area contributed by atoms with Gasteiger partial charge in [-0.2, -0.15) is 5.10 Å². The third-order valence-corrected chi connectivity index (χ3v) is 3.31. The van der Waals surface area contributed by atoms with Crippen LogP contribution in [-0.4, -0.2) is 21.0 Å². The molecule has 0 aliphatic heterocycles. The van der Waals surface area contributed by atoms with Crippen LogP contribution in [0.3, 0.4) is 0 Å². The second kappa shape index (κ2) is 7.31. The highest BCUT2D eigenvalue weighted by molar-refractivity contribution is 6.33. The van der Waals surface area contributed by atoms with Gasteiger partial charge in [0.1, 0.15) is 5.69 Å². The molecular weight excluding hydrogens is 358 g/mol. The van der Waals surface area contributed by atoms with Gasteiger partial charge in [-0.3, -0.25) is 35.8 Å². The van der Waals surface area contributed by atoms with Crippen molar-refractivity contribution in [3.63, 3.8) is 0 Å². The maximum atomic E-state index is 11.0. The normalized spacial score (nSPS) is 10.6. The van der Waals surface area contributed by atoms with Crippen molar-refractivity contribution < 1.29 is 14.8 Å². The van der Waals surface area contributed by atoms with Crippen LogP contribution in [0.25, 0.3) is 0 Å². The lowest BCUT2D eigenvalue weighted by Crippen LogP contribution is -1.99. The molecule has 0 spiro atoms. The van der Waals surface area contributed by atoms with E-state index in [1.54, 1.807) is 0 Å². The van der Waals surface area contributed by atoms with Crippen LogP contribution >= 0.6 is 11.6 Å². The molecule has 1 N–H and O–H groups in total. The van der Waals surface area contributed by atoms with Crippen molar-refractivity contribution in [1.29, 1.82) is 0 Å². The van der Waals surface area contributed by atoms with E-state index in [0.717, 1.165) is 24.4 Å². The van der Waals surface area contributed by atoms with Crippen molar-refractivity contribution in [3.05, 3.63) is 77.3 Å². The summed E-state index contributed by atoms with van der Waals surface area (Å²) >= 11 is 5.90. The lowest BCUT2D eigenvalue weighted by atomic mass is 10.2. The first-order chi connectivity index (χ1) is 11.8. The van der Waals surface area contributed by atoms with Crippen LogP contribution in [0.5, 0.6) is 0 Å². The minimum Gasteiger partial charge on any atom is -0.272 e. The highest BCUT2D eigenvalue weighted by Gasteiger charge is 2.19. The van der Waals surface area contributed by atoms with E-state index < -0.39 is 26.1 Å². The third-order valence-electron chi connectivity index (χ3n) is 2.97. The summed E-state index contributed by atoms with van der Waals surface area (Å²) in [6, 6.07) is 6.70. The number of nitrogens with one attached hydrogen (secondary N) is 1. The Morgan fingerprint density at radius 3 is 2.12 bits per heavy atom. The summed E-state index contributed by atoms with van der Waals surface area (Å²) in [4.78, 5) is 30.2. The first-order valence-corrected chi connectivity index (χ1v) is 6.83. The molecule has 0 unspecified atom stereocenters. The monoisotopic (exact) mass is 365 g/mol. The van der Waals surface area contributed by atoms with E-state index in [9.17, 15) is 30.3 Å². The molecule has 0 atom stereocenters. The lowest BCUT2D eigenvalue weighted by molar-refractivity contribution is -0.393. The maximum Gasteiger partial charge on any atom is 0.301 e. The van der Waals surface area contributed by atoms with Gasteiger partial charge in [0, 0.05) is 28.8 Å². The number of nitro benzene ring substituents is 3. The predicted molar refractivity (Wildman–Crippen MR) is 89.1 cm³/mol. The van der Waals surface area contributed by atoms with Crippen molar-refractivity contribution in [2.45, 2.75) is 0 Å². The highest BCUT2D eigenvalue weighted by Crippen LogP contribution is 2.29. The quantitative estimate of drug-likeness (QED) is 0.466. The first-order valence-electron chi connectivity index (χ1n) is 6.45. The third kappa shape index (κ3) is 4.23. The van der Waals surface area contributed by atoms with Gasteiger partial charge in [0.2, 0.25) is 0 Å². The van der Waals surface area contributed by atoms with Gasteiger partial charge in [-0.25, -0.2) is 0 Å². The summed E-state index contributed by atoms with van der Waals surface area (Å²) in [6.45, 7) is 0. The molecule has 0 saturated carbocycles. The predicted octanol–water partition coefficient (Wildman–Crippen LogP) is 3.51. The van der Waals surface area contributed by atoms with E-state index in [-0.39, 0.29) is 22.0 Å². The molecule has 0 fully saturated rings. The highest BCUT2D eigenvalue weighted by atomic mass is 35.5. The van der Waals surface area contributed by atoms with Gasteiger partial charge in [-0.1, -0.05) is 11.6 Å². The fraction of sp³-hybridized carbons (Fsp3) is 0. The molecule has 11 nitrogen and oxygen atoms in total. The average molecular weight is 366 g/mol. The van der Waals surface area contributed by atoms with Gasteiger partial charge in [0.25, 0.3) is 11.4 Å². The van der Waals surface area contributed by atoms with Gasteiger partial charge in [-0.15, -0.1) is 0 Å². The van der Waals surface area contributed by atoms with Crippen LogP contribution in [0.2, 0.25) is 5.02 Å². The lowest BCUT2D eigenvalue weighted by Gasteiger charge is -2.02. The molecule has 0 aliphatic carbocycles. The van der Waals surface area contributed by atoms with E-state index in [0.29, 0.717) is 0 Å². The summed E-state index contributed by atoms with van der Waals surface area (Å²) in [5, 5.41) is 36.3. The number of hydrogen-bond acceptors (Lipinski definition) is 8. The van der Waals surface area contributed by atoms with Crippen molar-refractivity contribution in [1.82, 2.24) is 0 Å². The summed E-state index contributed by atoms with van der Waals surface area (Å²) in [6.07, 6.45) is 1.14. The maximum absolute atomic E-state index is 11.0. The molecular formula is C13H8ClN5O6. The molecule has 0 aliphatic rings. The number of anilines is 1. The molecule has 128 valence electrons. The zero-order valence-electron chi connectivity index (χ0n) is 12.2. The van der Waals surface area contributed by atoms with Crippen LogP contribution in [0.1, 0.15) is 5.56 Å². The summed E-state index contributed by atoms with van der Waals surface area (Å²) in [5.74, 6) is 0. The number of nitrogens with zero attached hydrogens (tertiary/aromatic N) is 4. The number of nitro groups is 3. The van der Waals surface area contributed by atoms with E-state index in [1.165, 1.54) is 18.2 Å². The van der Waals surface area contributed by atoms with E-state index >= 15 is 0 Å². The minimum atomic E-state index is -0.800. The molecule has 0 aromatic heterocycles. The number of hydrazone groups is 1. The SMILES string of the molecule is O=[N+]([O-])c1ccc(Cl)c(/C=N/Nc2ccc([N+](=O)[O-])cc2[N+](=O)[O-])c1. The number of rotatable bonds is 6. The van der Waals surface area contributed by atoms with Crippen molar-refractivity contribution in [3.8, 4) is 0 Å². The Balaban J connectivity index is 2.28. The molecule has 0 heterocycles. The molecule has 0 saturated heterocycles. The topological polar surface area (TPSA) is 154 Å². The van der Waals surface area contributed by atoms with Gasteiger partial charge in [0.05, 0.1) is 27.1 Å². The Kier molecular flexibility index (Phi) is 5.19. The molecule has 0 radical (unpaired) electrons. The number of benzene rings is 2. The van der Waals surface area contributed by atoms with Gasteiger partial charge >= 0.3 is 5.69 Å². The smallest absolute Gasteiger partial charge is 0.272 e. The van der Waals surface area contributed by atoms with Crippen molar-refractivity contribution in [2.24, 2.45) is 5.10 Å². The fourth-order valence-electron chi connectivity index (χ4n) is 1.79. The fourth-order valence-corrected chi connectivity index (χ4v) is 1.96. The van der Waals surface area contributed by atoms with Gasteiger partial charge in [-0.05, 0) is 12.1 Å². The van der Waals surface area contributed by atoms with E-state index in [2.05, 4.69) is 10.5 Å². The Labute approximate surface area is 144 Å². The molecule has 12 heteroatoms. The number of non-ortho nitro benzene ring substituents is 2. The van der Waals surface area contributed by atoms with E-state index in [1.807, 2.05) is 0 Å². The average Bonchev–Trinajstić information content (AvgIpc) is 2.56. The van der Waals surface area contributed by atoms with Crippen LogP contribution in [0, 0.1) is 30.3 Å². The molecule has 2 aromatic rings. The van der Waals surface area contributed by atoms with Crippen molar-refractivity contribution >= 4 is 40.6 Å². The zero-order valence-corrected chi connectivity index (χ0v) is 12.9. The molecule has 0 amide bonds. The molecule has 25 heavy (non-hydrogen) atoms. The van der Waals surface area contributed by atoms with Crippen LogP contribution < -0.4 is 5.43 Å². The number of halogens is 1. The largest absolute Gasteiger partial charge is 0.301 e. The molecule has 0 bridgehead atoms. The molecule has 2 aromatic carbocycles. The van der Waals surface area contributed by atoms with E-state index in [4.69, 9.17) is 11.6 Å². The minimum absolute atomic E-state index is 0.0894. The van der Waals surface area contributed by atoms with Gasteiger partial charge in [0.15, 0.2) is 0 Å². The zero-order chi connectivity index (χ0) is 18.6.